The molecule has 0 atom stereocenters. The summed E-state index contributed by atoms with van der Waals surface area (Å²) in [5.41, 5.74) is 0.476. The molecule has 1 aromatic carbocycles. The Kier molecular flexibility index (Phi) is 6.00. The third-order valence-electron chi connectivity index (χ3n) is 3.12. The largest absolute Gasteiger partial charge is 0.434 e. The molecule has 120 valence electrons. The van der Waals surface area contributed by atoms with E-state index < -0.39 is 6.61 Å². The Morgan fingerprint density at radius 2 is 2.18 bits per heavy atom. The molecule has 1 N–H and O–H groups in total. The summed E-state index contributed by atoms with van der Waals surface area (Å²) in [6.45, 7) is -1.78. The van der Waals surface area contributed by atoms with Crippen molar-refractivity contribution < 1.29 is 23.1 Å². The molecule has 0 aromatic heterocycles. The van der Waals surface area contributed by atoms with Gasteiger partial charge in [-0.25, -0.2) is 0 Å². The van der Waals surface area contributed by atoms with Crippen molar-refractivity contribution in [3.8, 4) is 5.75 Å². The topological polar surface area (TPSA) is 58.6 Å². The Hall–Kier alpha value is -1.83. The number of hydrogen-bond acceptors (Lipinski definition) is 4. The maximum atomic E-state index is 12.3. The van der Waals surface area contributed by atoms with Crippen molar-refractivity contribution in [2.24, 2.45) is 0 Å². The highest BCUT2D eigenvalue weighted by atomic mass is 32.2. The van der Waals surface area contributed by atoms with E-state index in [1.165, 1.54) is 17.8 Å². The van der Waals surface area contributed by atoms with Crippen molar-refractivity contribution in [1.29, 1.82) is 0 Å². The zero-order chi connectivity index (χ0) is 15.9. The molecule has 2 amide bonds. The second-order valence-corrected chi connectivity index (χ2v) is 5.66. The van der Waals surface area contributed by atoms with Gasteiger partial charge < -0.3 is 15.0 Å². The van der Waals surface area contributed by atoms with Crippen molar-refractivity contribution in [3.63, 3.8) is 0 Å². The molecule has 1 aromatic rings. The smallest absolute Gasteiger partial charge is 0.387 e. The van der Waals surface area contributed by atoms with E-state index in [-0.39, 0.29) is 29.9 Å². The van der Waals surface area contributed by atoms with Gasteiger partial charge in [-0.3, -0.25) is 9.59 Å². The summed E-state index contributed by atoms with van der Waals surface area (Å²) >= 11 is 1.24. The minimum absolute atomic E-state index is 0.0107. The van der Waals surface area contributed by atoms with Crippen LogP contribution in [-0.2, 0) is 11.3 Å². The fraction of sp³-hybridized carbons (Fsp3) is 0.429. The minimum atomic E-state index is -2.91. The number of halogens is 2. The molecule has 1 saturated heterocycles. The molecule has 1 aliphatic rings. The highest BCUT2D eigenvalue weighted by Gasteiger charge is 2.21. The van der Waals surface area contributed by atoms with Gasteiger partial charge in [-0.1, -0.05) is 30.0 Å². The predicted octanol–water partition coefficient (Wildman–Crippen LogP) is 2.46. The Labute approximate surface area is 131 Å². The summed E-state index contributed by atoms with van der Waals surface area (Å²) in [5.74, 6) is 0.555. The second-order valence-electron chi connectivity index (χ2n) is 4.61. The SMILES string of the molecule is O=C(CCN1CCSC1=O)NCc1ccccc1OC(F)F. The summed E-state index contributed by atoms with van der Waals surface area (Å²) < 4.78 is 29.0. The van der Waals surface area contributed by atoms with Crippen molar-refractivity contribution in [3.05, 3.63) is 29.8 Å². The van der Waals surface area contributed by atoms with Gasteiger partial charge in [-0.15, -0.1) is 0 Å². The monoisotopic (exact) mass is 330 g/mol. The molecule has 1 fully saturated rings. The van der Waals surface area contributed by atoms with E-state index in [0.29, 0.717) is 18.7 Å². The number of para-hydroxylation sites is 1. The first kappa shape index (κ1) is 16.5. The number of thioether (sulfide) groups is 1. The molecule has 1 aliphatic heterocycles. The van der Waals surface area contributed by atoms with E-state index in [4.69, 9.17) is 0 Å². The van der Waals surface area contributed by atoms with Crippen LogP contribution in [0.25, 0.3) is 0 Å². The lowest BCUT2D eigenvalue weighted by Gasteiger charge is -2.14. The number of rotatable bonds is 7. The highest BCUT2D eigenvalue weighted by Crippen LogP contribution is 2.20. The molecule has 0 bridgehead atoms. The van der Waals surface area contributed by atoms with Crippen molar-refractivity contribution in [1.82, 2.24) is 10.2 Å². The molecule has 0 saturated carbocycles. The van der Waals surface area contributed by atoms with E-state index in [2.05, 4.69) is 10.1 Å². The number of ether oxygens (including phenoxy) is 1. The van der Waals surface area contributed by atoms with Gasteiger partial charge in [0.2, 0.25) is 5.91 Å². The first-order valence-corrected chi connectivity index (χ1v) is 7.76. The summed E-state index contributed by atoms with van der Waals surface area (Å²) in [6, 6.07) is 6.30. The van der Waals surface area contributed by atoms with Gasteiger partial charge in [0.25, 0.3) is 5.24 Å². The van der Waals surface area contributed by atoms with Gasteiger partial charge in [0.15, 0.2) is 0 Å². The molecule has 2 rings (SSSR count). The summed E-state index contributed by atoms with van der Waals surface area (Å²) in [4.78, 5) is 24.8. The number of carbonyl (C=O) groups is 2. The summed E-state index contributed by atoms with van der Waals surface area (Å²) in [6.07, 6.45) is 0.185. The highest BCUT2D eigenvalue weighted by molar-refractivity contribution is 8.13. The molecule has 22 heavy (non-hydrogen) atoms. The Balaban J connectivity index is 1.79. The quantitative estimate of drug-likeness (QED) is 0.834. The third kappa shape index (κ3) is 4.87. The number of alkyl halides is 2. The van der Waals surface area contributed by atoms with Crippen LogP contribution in [0.15, 0.2) is 24.3 Å². The molecule has 1 heterocycles. The molecule has 5 nitrogen and oxygen atoms in total. The molecular weight excluding hydrogens is 314 g/mol. The van der Waals surface area contributed by atoms with Gasteiger partial charge in [0.05, 0.1) is 0 Å². The molecule has 0 aliphatic carbocycles. The summed E-state index contributed by atoms with van der Waals surface area (Å²) in [7, 11) is 0. The number of benzene rings is 1. The first-order valence-electron chi connectivity index (χ1n) is 6.77. The number of amides is 2. The van der Waals surface area contributed by atoms with Gasteiger partial charge >= 0.3 is 6.61 Å². The lowest BCUT2D eigenvalue weighted by atomic mass is 10.2. The molecule has 8 heteroatoms. The maximum absolute atomic E-state index is 12.3. The average Bonchev–Trinajstić information content (AvgIpc) is 2.89. The van der Waals surface area contributed by atoms with Gasteiger partial charge in [0, 0.05) is 37.4 Å². The van der Waals surface area contributed by atoms with E-state index in [1.807, 2.05) is 0 Å². The molecule has 0 radical (unpaired) electrons. The molecular formula is C14H16F2N2O3S. The van der Waals surface area contributed by atoms with Crippen LogP contribution >= 0.6 is 11.8 Å². The number of hydrogen-bond donors (Lipinski definition) is 1. The first-order chi connectivity index (χ1) is 10.6. The van der Waals surface area contributed by atoms with Crippen LogP contribution in [0.4, 0.5) is 13.6 Å². The second kappa shape index (κ2) is 7.98. The normalized spacial score (nSPS) is 14.5. The number of nitrogens with one attached hydrogen (secondary N) is 1. The zero-order valence-electron chi connectivity index (χ0n) is 11.8. The van der Waals surface area contributed by atoms with Gasteiger partial charge in [-0.2, -0.15) is 8.78 Å². The lowest BCUT2D eigenvalue weighted by molar-refractivity contribution is -0.121. The van der Waals surface area contributed by atoms with E-state index >= 15 is 0 Å². The van der Waals surface area contributed by atoms with Crippen LogP contribution in [0, 0.1) is 0 Å². The third-order valence-corrected chi connectivity index (χ3v) is 4.01. The standard InChI is InChI=1S/C14H16F2N2O3S/c15-13(16)21-11-4-2-1-3-10(11)9-17-12(19)5-6-18-7-8-22-14(18)20/h1-4,13H,5-9H2,(H,17,19). The van der Waals surface area contributed by atoms with E-state index in [1.54, 1.807) is 23.1 Å². The Morgan fingerprint density at radius 1 is 1.41 bits per heavy atom. The fourth-order valence-electron chi connectivity index (χ4n) is 2.01. The van der Waals surface area contributed by atoms with Crippen LogP contribution in [0.5, 0.6) is 5.75 Å². The van der Waals surface area contributed by atoms with Gasteiger partial charge in [0.1, 0.15) is 5.75 Å². The van der Waals surface area contributed by atoms with Crippen LogP contribution in [0.3, 0.4) is 0 Å². The van der Waals surface area contributed by atoms with Crippen LogP contribution < -0.4 is 10.1 Å². The van der Waals surface area contributed by atoms with Crippen LogP contribution in [0.2, 0.25) is 0 Å². The fourth-order valence-corrected chi connectivity index (χ4v) is 2.86. The number of nitrogens with zero attached hydrogens (tertiary/aromatic N) is 1. The molecule has 0 unspecified atom stereocenters. The van der Waals surface area contributed by atoms with Crippen molar-refractivity contribution in [2.45, 2.75) is 19.6 Å². The van der Waals surface area contributed by atoms with Crippen LogP contribution in [-0.4, -0.2) is 41.5 Å². The van der Waals surface area contributed by atoms with Crippen molar-refractivity contribution in [2.75, 3.05) is 18.8 Å². The minimum Gasteiger partial charge on any atom is -0.434 e. The predicted molar refractivity (Wildman–Crippen MR) is 79.0 cm³/mol. The van der Waals surface area contributed by atoms with Crippen molar-refractivity contribution >= 4 is 22.9 Å². The molecule has 0 spiro atoms. The van der Waals surface area contributed by atoms with E-state index in [9.17, 15) is 18.4 Å². The lowest BCUT2D eigenvalue weighted by Crippen LogP contribution is -2.30. The number of carbonyl (C=O) groups excluding carboxylic acids is 2. The zero-order valence-corrected chi connectivity index (χ0v) is 12.6. The average molecular weight is 330 g/mol. The Morgan fingerprint density at radius 3 is 2.86 bits per heavy atom. The summed E-state index contributed by atoms with van der Waals surface area (Å²) in [5, 5.41) is 2.63. The van der Waals surface area contributed by atoms with Crippen LogP contribution in [0.1, 0.15) is 12.0 Å². The van der Waals surface area contributed by atoms with E-state index in [0.717, 1.165) is 5.75 Å². The maximum Gasteiger partial charge on any atom is 0.387 e. The Bertz CT molecular complexity index is 543. The van der Waals surface area contributed by atoms with Gasteiger partial charge in [-0.05, 0) is 6.07 Å².